The minimum Gasteiger partial charge on any atom is -0.443 e. The molecule has 0 atom stereocenters. The molecule has 1 heterocycles. The zero-order chi connectivity index (χ0) is 10.6. The molecule has 0 fully saturated rings. The van der Waals surface area contributed by atoms with Crippen LogP contribution in [0.3, 0.4) is 0 Å². The molecule has 0 aliphatic carbocycles. The molecular formula is C10H18N2O2. The molecule has 0 aromatic heterocycles. The number of carbonyl (C=O) groups excluding carboxylic acids is 1. The van der Waals surface area contributed by atoms with Crippen molar-refractivity contribution >= 4 is 6.09 Å². The van der Waals surface area contributed by atoms with Gasteiger partial charge in [-0.3, -0.25) is 5.01 Å². The van der Waals surface area contributed by atoms with Crippen LogP contribution in [0.5, 0.6) is 0 Å². The minimum atomic E-state index is -0.441. The number of carbonyl (C=O) groups is 1. The van der Waals surface area contributed by atoms with Crippen molar-refractivity contribution in [1.29, 1.82) is 0 Å². The topological polar surface area (TPSA) is 41.6 Å². The van der Waals surface area contributed by atoms with Crippen LogP contribution in [0.4, 0.5) is 4.79 Å². The third-order valence-electron chi connectivity index (χ3n) is 1.69. The predicted molar refractivity (Wildman–Crippen MR) is 54.4 cm³/mol. The smallest absolute Gasteiger partial charge is 0.426 e. The number of hydrogen-bond acceptors (Lipinski definition) is 3. The van der Waals surface area contributed by atoms with Crippen molar-refractivity contribution in [3.05, 3.63) is 12.3 Å². The molecule has 0 unspecified atom stereocenters. The Bertz CT molecular complexity index is 231. The summed E-state index contributed by atoms with van der Waals surface area (Å²) < 4.78 is 5.11. The van der Waals surface area contributed by atoms with E-state index in [0.717, 1.165) is 19.4 Å². The third kappa shape index (κ3) is 4.16. The molecule has 80 valence electrons. The number of hydrazine groups is 1. The fourth-order valence-corrected chi connectivity index (χ4v) is 1.17. The van der Waals surface area contributed by atoms with Gasteiger partial charge in [-0.1, -0.05) is 6.08 Å². The van der Waals surface area contributed by atoms with Crippen molar-refractivity contribution in [3.63, 3.8) is 0 Å². The molecular weight excluding hydrogens is 180 g/mol. The average Bonchev–Trinajstić information content (AvgIpc) is 2.02. The Morgan fingerprint density at radius 2 is 2.21 bits per heavy atom. The Morgan fingerprint density at radius 1 is 1.50 bits per heavy atom. The first kappa shape index (κ1) is 10.9. The summed E-state index contributed by atoms with van der Waals surface area (Å²) in [7, 11) is 0. The van der Waals surface area contributed by atoms with E-state index in [9.17, 15) is 4.79 Å². The van der Waals surface area contributed by atoms with Gasteiger partial charge in [0, 0.05) is 12.7 Å². The molecule has 1 aliphatic heterocycles. The van der Waals surface area contributed by atoms with Crippen molar-refractivity contribution in [3.8, 4) is 0 Å². The van der Waals surface area contributed by atoms with E-state index < -0.39 is 11.7 Å². The van der Waals surface area contributed by atoms with E-state index in [0.29, 0.717) is 0 Å². The largest absolute Gasteiger partial charge is 0.443 e. The van der Waals surface area contributed by atoms with Gasteiger partial charge in [-0.05, 0) is 33.6 Å². The monoisotopic (exact) mass is 198 g/mol. The maximum Gasteiger partial charge on any atom is 0.426 e. The fraction of sp³-hybridized carbons (Fsp3) is 0.700. The zero-order valence-electron chi connectivity index (χ0n) is 9.04. The summed E-state index contributed by atoms with van der Waals surface area (Å²) in [5.41, 5.74) is 2.22. The fourth-order valence-electron chi connectivity index (χ4n) is 1.17. The number of amides is 1. The molecule has 1 rings (SSSR count). The van der Waals surface area contributed by atoms with E-state index in [2.05, 4.69) is 5.43 Å². The summed E-state index contributed by atoms with van der Waals surface area (Å²) in [4.78, 5) is 11.3. The van der Waals surface area contributed by atoms with Gasteiger partial charge in [0.25, 0.3) is 0 Å². The summed E-state index contributed by atoms with van der Waals surface area (Å²) in [5.74, 6) is 0. The van der Waals surface area contributed by atoms with Gasteiger partial charge in [-0.2, -0.15) is 0 Å². The van der Waals surface area contributed by atoms with E-state index >= 15 is 0 Å². The van der Waals surface area contributed by atoms with Crippen LogP contribution in [0, 0.1) is 0 Å². The molecule has 1 N–H and O–H groups in total. The molecule has 14 heavy (non-hydrogen) atoms. The van der Waals surface area contributed by atoms with Gasteiger partial charge < -0.3 is 4.74 Å². The van der Waals surface area contributed by atoms with Crippen LogP contribution in [-0.2, 0) is 4.74 Å². The highest BCUT2D eigenvalue weighted by Crippen LogP contribution is 2.08. The second-order valence-corrected chi connectivity index (χ2v) is 4.33. The summed E-state index contributed by atoms with van der Waals surface area (Å²) in [6.07, 6.45) is 5.64. The Kier molecular flexibility index (Phi) is 3.38. The summed E-state index contributed by atoms with van der Waals surface area (Å²) in [6.45, 7) is 6.38. The van der Waals surface area contributed by atoms with Crippen LogP contribution >= 0.6 is 0 Å². The van der Waals surface area contributed by atoms with Crippen molar-refractivity contribution in [2.24, 2.45) is 0 Å². The second kappa shape index (κ2) is 4.35. The standard InChI is InChI=1S/C10H18N2O2/c1-10(2,3)14-9(13)11-12-7-5-4-6-8-12/h5,7H,4,6,8H2,1-3H3,(H,11,13). The Balaban J connectivity index is 2.33. The molecule has 0 spiro atoms. The van der Waals surface area contributed by atoms with Crippen LogP contribution in [-0.4, -0.2) is 23.2 Å². The van der Waals surface area contributed by atoms with Gasteiger partial charge in [-0.25, -0.2) is 10.2 Å². The third-order valence-corrected chi connectivity index (χ3v) is 1.69. The molecule has 1 amide bonds. The first-order chi connectivity index (χ1) is 6.47. The first-order valence-electron chi connectivity index (χ1n) is 4.90. The Labute approximate surface area is 84.9 Å². The van der Waals surface area contributed by atoms with Crippen LogP contribution in [0.1, 0.15) is 33.6 Å². The summed E-state index contributed by atoms with van der Waals surface area (Å²) in [6, 6.07) is 0. The van der Waals surface area contributed by atoms with Crippen LogP contribution in [0.2, 0.25) is 0 Å². The van der Waals surface area contributed by atoms with Crippen molar-refractivity contribution < 1.29 is 9.53 Å². The summed E-state index contributed by atoms with van der Waals surface area (Å²) >= 11 is 0. The van der Waals surface area contributed by atoms with Gasteiger partial charge in [0.1, 0.15) is 5.60 Å². The minimum absolute atomic E-state index is 0.399. The molecule has 4 nitrogen and oxygen atoms in total. The molecule has 0 aromatic rings. The van der Waals surface area contributed by atoms with Crippen molar-refractivity contribution in [2.45, 2.75) is 39.2 Å². The van der Waals surface area contributed by atoms with Crippen LogP contribution < -0.4 is 5.43 Å². The first-order valence-corrected chi connectivity index (χ1v) is 4.90. The van der Waals surface area contributed by atoms with Gasteiger partial charge in [-0.15, -0.1) is 0 Å². The highest BCUT2D eigenvalue weighted by molar-refractivity contribution is 5.67. The Hall–Kier alpha value is -1.19. The van der Waals surface area contributed by atoms with E-state index in [1.165, 1.54) is 0 Å². The van der Waals surface area contributed by atoms with Crippen LogP contribution in [0.15, 0.2) is 12.3 Å². The molecule has 1 aliphatic rings. The number of rotatable bonds is 1. The van der Waals surface area contributed by atoms with E-state index in [-0.39, 0.29) is 0 Å². The average molecular weight is 198 g/mol. The van der Waals surface area contributed by atoms with Gasteiger partial charge in [0.05, 0.1) is 0 Å². The van der Waals surface area contributed by atoms with E-state index in [1.807, 2.05) is 33.0 Å². The van der Waals surface area contributed by atoms with Gasteiger partial charge >= 0.3 is 6.09 Å². The quantitative estimate of drug-likeness (QED) is 0.701. The lowest BCUT2D eigenvalue weighted by atomic mass is 10.2. The number of hydrogen-bond donors (Lipinski definition) is 1. The number of ether oxygens (including phenoxy) is 1. The van der Waals surface area contributed by atoms with E-state index in [1.54, 1.807) is 5.01 Å². The lowest BCUT2D eigenvalue weighted by Gasteiger charge is -2.26. The maximum absolute atomic E-state index is 11.3. The molecule has 0 saturated carbocycles. The lowest BCUT2D eigenvalue weighted by Crippen LogP contribution is -2.42. The molecule has 0 saturated heterocycles. The van der Waals surface area contributed by atoms with E-state index in [4.69, 9.17) is 4.74 Å². The zero-order valence-corrected chi connectivity index (χ0v) is 9.04. The normalized spacial score (nSPS) is 16.6. The van der Waals surface area contributed by atoms with Gasteiger partial charge in [0.15, 0.2) is 0 Å². The highest BCUT2D eigenvalue weighted by Gasteiger charge is 2.17. The maximum atomic E-state index is 11.3. The molecule has 0 radical (unpaired) electrons. The van der Waals surface area contributed by atoms with Crippen molar-refractivity contribution in [1.82, 2.24) is 10.4 Å². The SMILES string of the molecule is CC(C)(C)OC(=O)NN1C=CCCC1. The van der Waals surface area contributed by atoms with Crippen LogP contribution in [0.25, 0.3) is 0 Å². The molecule has 0 aromatic carbocycles. The predicted octanol–water partition coefficient (Wildman–Crippen LogP) is 2.04. The molecule has 0 bridgehead atoms. The van der Waals surface area contributed by atoms with Crippen molar-refractivity contribution in [2.75, 3.05) is 6.54 Å². The van der Waals surface area contributed by atoms with Gasteiger partial charge in [0.2, 0.25) is 0 Å². The lowest BCUT2D eigenvalue weighted by molar-refractivity contribution is 0.0388. The number of allylic oxidation sites excluding steroid dienone is 1. The second-order valence-electron chi connectivity index (χ2n) is 4.33. The summed E-state index contributed by atoms with van der Waals surface area (Å²) in [5, 5.41) is 1.75. The number of nitrogens with one attached hydrogen (secondary N) is 1. The Morgan fingerprint density at radius 3 is 2.71 bits per heavy atom. The molecule has 4 heteroatoms. The highest BCUT2D eigenvalue weighted by atomic mass is 16.6. The number of nitrogens with zero attached hydrogens (tertiary/aromatic N) is 1.